The Morgan fingerprint density at radius 3 is 2.78 bits per heavy atom. The van der Waals surface area contributed by atoms with Crippen LogP contribution in [0.1, 0.15) is 23.2 Å². The normalized spacial score (nSPS) is 17.3. The van der Waals surface area contributed by atoms with Crippen LogP contribution in [0.2, 0.25) is 0 Å². The van der Waals surface area contributed by atoms with Crippen LogP contribution >= 0.6 is 0 Å². The molecule has 1 aromatic rings. The second kappa shape index (κ2) is 4.41. The third-order valence-corrected chi connectivity index (χ3v) is 2.82. The molecule has 0 saturated carbocycles. The number of carbonyl (C=O) groups is 2. The van der Waals surface area contributed by atoms with E-state index in [0.717, 1.165) is 0 Å². The number of hydrogen-bond acceptors (Lipinski definition) is 5. The van der Waals surface area contributed by atoms with E-state index in [1.807, 2.05) is 0 Å². The summed E-state index contributed by atoms with van der Waals surface area (Å²) in [6.45, 7) is 3.79. The van der Waals surface area contributed by atoms with Gasteiger partial charge in [0.15, 0.2) is 6.39 Å². The Balaban J connectivity index is 1.91. The monoisotopic (exact) mass is 254 g/mol. The van der Waals surface area contributed by atoms with Gasteiger partial charge in [-0.05, 0) is 13.8 Å². The van der Waals surface area contributed by atoms with Crippen LogP contribution in [-0.4, -0.2) is 52.2 Å². The maximum atomic E-state index is 12.0. The number of oxazole rings is 1. The van der Waals surface area contributed by atoms with Gasteiger partial charge in [-0.15, -0.1) is 0 Å². The lowest BCUT2D eigenvalue weighted by Gasteiger charge is -2.46. The molecule has 2 heterocycles. The average Bonchev–Trinajstić information content (AvgIpc) is 2.68. The summed E-state index contributed by atoms with van der Waals surface area (Å²) < 4.78 is 10.2. The largest absolute Gasteiger partial charge is 0.480 e. The second-order valence-corrected chi connectivity index (χ2v) is 4.56. The minimum atomic E-state index is -1.02. The number of carboxylic acid groups (broad SMARTS) is 1. The number of nitrogens with zero attached hydrogens (tertiary/aromatic N) is 2. The van der Waals surface area contributed by atoms with E-state index in [4.69, 9.17) is 14.3 Å². The zero-order chi connectivity index (χ0) is 13.3. The third kappa shape index (κ3) is 2.35. The van der Waals surface area contributed by atoms with Crippen LogP contribution in [0.3, 0.4) is 0 Å². The number of likely N-dealkylation sites (tertiary alicyclic amines) is 1. The minimum Gasteiger partial charge on any atom is -0.480 e. The summed E-state index contributed by atoms with van der Waals surface area (Å²) in [5, 5.41) is 8.53. The van der Waals surface area contributed by atoms with Gasteiger partial charge in [-0.1, -0.05) is 0 Å². The minimum absolute atomic E-state index is 0.218. The van der Waals surface area contributed by atoms with Crippen molar-refractivity contribution in [2.45, 2.75) is 19.4 Å². The molecule has 98 valence electrons. The van der Waals surface area contributed by atoms with Crippen LogP contribution in [0.25, 0.3) is 0 Å². The fourth-order valence-corrected chi connectivity index (χ4v) is 1.88. The van der Waals surface area contributed by atoms with Gasteiger partial charge in [-0.3, -0.25) is 4.79 Å². The molecule has 1 aliphatic rings. The predicted molar refractivity (Wildman–Crippen MR) is 59.1 cm³/mol. The summed E-state index contributed by atoms with van der Waals surface area (Å²) in [5.41, 5.74) is -0.0535. The lowest BCUT2D eigenvalue weighted by molar-refractivity contribution is -0.160. The van der Waals surface area contributed by atoms with Crippen LogP contribution in [0.15, 0.2) is 10.8 Å². The molecule has 18 heavy (non-hydrogen) atoms. The number of aromatic nitrogens is 1. The van der Waals surface area contributed by atoms with Crippen LogP contribution in [0, 0.1) is 6.92 Å². The number of aryl methyl sites for hydroxylation is 1. The molecule has 7 nitrogen and oxygen atoms in total. The summed E-state index contributed by atoms with van der Waals surface area (Å²) >= 11 is 0. The highest BCUT2D eigenvalue weighted by atomic mass is 16.5. The molecular weight excluding hydrogens is 240 g/mol. The van der Waals surface area contributed by atoms with E-state index < -0.39 is 11.6 Å². The SMILES string of the molecule is Cc1ncoc1C(=O)N1CC(C)(OCC(=O)O)C1. The van der Waals surface area contributed by atoms with Gasteiger partial charge in [0.05, 0.1) is 18.8 Å². The van der Waals surface area contributed by atoms with Gasteiger partial charge < -0.3 is 19.2 Å². The maximum Gasteiger partial charge on any atom is 0.329 e. The molecule has 7 heteroatoms. The van der Waals surface area contributed by atoms with Gasteiger partial charge in [-0.2, -0.15) is 0 Å². The van der Waals surface area contributed by atoms with Crippen molar-refractivity contribution < 1.29 is 23.8 Å². The van der Waals surface area contributed by atoms with Gasteiger partial charge in [0.25, 0.3) is 5.91 Å². The van der Waals surface area contributed by atoms with Gasteiger partial charge in [0.2, 0.25) is 5.76 Å². The number of rotatable bonds is 4. The summed E-state index contributed by atoms with van der Waals surface area (Å²) in [7, 11) is 0. The Morgan fingerprint density at radius 2 is 2.28 bits per heavy atom. The number of aliphatic carboxylic acids is 1. The molecule has 0 aromatic carbocycles. The third-order valence-electron chi connectivity index (χ3n) is 2.82. The Kier molecular flexibility index (Phi) is 3.08. The molecule has 0 atom stereocenters. The second-order valence-electron chi connectivity index (χ2n) is 4.56. The fraction of sp³-hybridized carbons (Fsp3) is 0.545. The van der Waals surface area contributed by atoms with E-state index in [-0.39, 0.29) is 18.3 Å². The standard InChI is InChI=1S/C11H14N2O5/c1-7-9(17-6-12-7)10(16)13-4-11(2,5-13)18-3-8(14)15/h6H,3-5H2,1-2H3,(H,14,15). The summed E-state index contributed by atoms with van der Waals surface area (Å²) in [5.74, 6) is -1.05. The first-order valence-corrected chi connectivity index (χ1v) is 5.46. The Hall–Kier alpha value is -1.89. The van der Waals surface area contributed by atoms with Crippen LogP contribution in [0.4, 0.5) is 0 Å². The molecule has 0 unspecified atom stereocenters. The predicted octanol–water partition coefficient (Wildman–Crippen LogP) is 0.299. The number of carbonyl (C=O) groups excluding carboxylic acids is 1. The highest BCUT2D eigenvalue weighted by Gasteiger charge is 2.44. The average molecular weight is 254 g/mol. The van der Waals surface area contributed by atoms with Crippen molar-refractivity contribution in [1.82, 2.24) is 9.88 Å². The summed E-state index contributed by atoms with van der Waals surface area (Å²) in [4.78, 5) is 27.7. The number of ether oxygens (including phenoxy) is 1. The quantitative estimate of drug-likeness (QED) is 0.830. The molecule has 0 spiro atoms. The first-order valence-electron chi connectivity index (χ1n) is 5.46. The summed E-state index contributed by atoms with van der Waals surface area (Å²) in [6, 6.07) is 0. The van der Waals surface area contributed by atoms with E-state index in [0.29, 0.717) is 18.8 Å². The molecule has 0 bridgehead atoms. The molecule has 0 aliphatic carbocycles. The lowest BCUT2D eigenvalue weighted by atomic mass is 9.96. The van der Waals surface area contributed by atoms with Crippen molar-refractivity contribution >= 4 is 11.9 Å². The van der Waals surface area contributed by atoms with Crippen molar-refractivity contribution in [3.8, 4) is 0 Å². The molecule has 0 radical (unpaired) electrons. The van der Waals surface area contributed by atoms with Crippen molar-refractivity contribution in [2.24, 2.45) is 0 Å². The van der Waals surface area contributed by atoms with Crippen molar-refractivity contribution in [3.05, 3.63) is 17.8 Å². The zero-order valence-electron chi connectivity index (χ0n) is 10.2. The molecular formula is C11H14N2O5. The van der Waals surface area contributed by atoms with Crippen molar-refractivity contribution in [2.75, 3.05) is 19.7 Å². The van der Waals surface area contributed by atoms with Crippen LogP contribution in [0.5, 0.6) is 0 Å². The van der Waals surface area contributed by atoms with Crippen molar-refractivity contribution in [3.63, 3.8) is 0 Å². The number of amides is 1. The highest BCUT2D eigenvalue weighted by Crippen LogP contribution is 2.26. The number of hydrogen-bond donors (Lipinski definition) is 1. The lowest BCUT2D eigenvalue weighted by Crippen LogP contribution is -2.63. The fourth-order valence-electron chi connectivity index (χ4n) is 1.88. The summed E-state index contributed by atoms with van der Waals surface area (Å²) in [6.07, 6.45) is 1.22. The van der Waals surface area contributed by atoms with E-state index >= 15 is 0 Å². The highest BCUT2D eigenvalue weighted by molar-refractivity contribution is 5.93. The van der Waals surface area contributed by atoms with E-state index in [1.165, 1.54) is 11.3 Å². The maximum absolute atomic E-state index is 12.0. The zero-order valence-corrected chi connectivity index (χ0v) is 10.2. The molecule has 1 aliphatic heterocycles. The van der Waals surface area contributed by atoms with Gasteiger partial charge in [-0.25, -0.2) is 9.78 Å². The van der Waals surface area contributed by atoms with Gasteiger partial charge in [0, 0.05) is 0 Å². The molecule has 1 amide bonds. The first-order chi connectivity index (χ1) is 8.41. The van der Waals surface area contributed by atoms with Gasteiger partial charge >= 0.3 is 5.97 Å². The van der Waals surface area contributed by atoms with Crippen LogP contribution < -0.4 is 0 Å². The Morgan fingerprint density at radius 1 is 1.61 bits per heavy atom. The first kappa shape index (κ1) is 12.6. The Labute approximate surface area is 103 Å². The molecule has 2 rings (SSSR count). The van der Waals surface area contributed by atoms with Gasteiger partial charge in [0.1, 0.15) is 12.2 Å². The van der Waals surface area contributed by atoms with E-state index in [9.17, 15) is 9.59 Å². The van der Waals surface area contributed by atoms with Crippen LogP contribution in [-0.2, 0) is 9.53 Å². The van der Waals surface area contributed by atoms with E-state index in [2.05, 4.69) is 4.98 Å². The molecule has 1 aromatic heterocycles. The number of carboxylic acids is 1. The van der Waals surface area contributed by atoms with E-state index in [1.54, 1.807) is 13.8 Å². The van der Waals surface area contributed by atoms with Crippen molar-refractivity contribution in [1.29, 1.82) is 0 Å². The Bertz CT molecular complexity index is 476. The molecule has 1 saturated heterocycles. The topological polar surface area (TPSA) is 92.9 Å². The molecule has 1 fully saturated rings. The smallest absolute Gasteiger partial charge is 0.329 e. The molecule has 1 N–H and O–H groups in total.